The molecule has 23 heavy (non-hydrogen) atoms. The smallest absolute Gasteiger partial charge is 0.410 e. The lowest BCUT2D eigenvalue weighted by Crippen LogP contribution is -2.43. The van der Waals surface area contributed by atoms with Gasteiger partial charge >= 0.3 is 6.09 Å². The van der Waals surface area contributed by atoms with Gasteiger partial charge in [0.05, 0.1) is 6.61 Å². The van der Waals surface area contributed by atoms with E-state index in [1.165, 1.54) is 0 Å². The van der Waals surface area contributed by atoms with Crippen molar-refractivity contribution in [1.29, 1.82) is 0 Å². The quantitative estimate of drug-likeness (QED) is 0.924. The van der Waals surface area contributed by atoms with Crippen molar-refractivity contribution >= 4 is 17.7 Å². The molecule has 0 aliphatic carbocycles. The van der Waals surface area contributed by atoms with E-state index in [-0.39, 0.29) is 11.8 Å². The van der Waals surface area contributed by atoms with Gasteiger partial charge in [-0.2, -0.15) is 0 Å². The predicted octanol–water partition coefficient (Wildman–Crippen LogP) is 3.50. The van der Waals surface area contributed by atoms with Crippen molar-refractivity contribution in [2.24, 2.45) is 5.92 Å². The van der Waals surface area contributed by atoms with Gasteiger partial charge in [-0.15, -0.1) is 0 Å². The second kappa shape index (κ2) is 7.49. The number of nitrogens with one attached hydrogen (secondary N) is 1. The third-order valence-corrected chi connectivity index (χ3v) is 3.98. The molecule has 1 aliphatic heterocycles. The Morgan fingerprint density at radius 3 is 2.78 bits per heavy atom. The third kappa shape index (κ3) is 4.47. The highest BCUT2D eigenvalue weighted by Crippen LogP contribution is 2.22. The van der Waals surface area contributed by atoms with Crippen molar-refractivity contribution in [1.82, 2.24) is 4.90 Å². The summed E-state index contributed by atoms with van der Waals surface area (Å²) in [5.41, 5.74) is 2.90. The van der Waals surface area contributed by atoms with Gasteiger partial charge in [-0.25, -0.2) is 4.79 Å². The molecule has 0 radical (unpaired) electrons. The normalized spacial score (nSPS) is 17.4. The summed E-state index contributed by atoms with van der Waals surface area (Å²) in [5, 5.41) is 2.95. The molecule has 0 aromatic heterocycles. The van der Waals surface area contributed by atoms with Gasteiger partial charge < -0.3 is 10.1 Å². The summed E-state index contributed by atoms with van der Waals surface area (Å²) >= 11 is 0. The van der Waals surface area contributed by atoms with E-state index in [4.69, 9.17) is 4.74 Å². The summed E-state index contributed by atoms with van der Waals surface area (Å²) in [7, 11) is 0. The van der Waals surface area contributed by atoms with E-state index < -0.39 is 12.1 Å². The van der Waals surface area contributed by atoms with Crippen LogP contribution in [0.4, 0.5) is 10.5 Å². The number of nitrogens with zero attached hydrogens (tertiary/aromatic N) is 1. The zero-order valence-electron chi connectivity index (χ0n) is 14.4. The lowest BCUT2D eigenvalue weighted by Gasteiger charge is -2.24. The molecule has 1 fully saturated rings. The molecule has 126 valence electrons. The van der Waals surface area contributed by atoms with Crippen LogP contribution in [0, 0.1) is 19.8 Å². The van der Waals surface area contributed by atoms with Crippen LogP contribution >= 0.6 is 0 Å². The summed E-state index contributed by atoms with van der Waals surface area (Å²) in [4.78, 5) is 26.3. The van der Waals surface area contributed by atoms with Crippen LogP contribution in [0.2, 0.25) is 0 Å². The Bertz CT molecular complexity index is 584. The highest BCUT2D eigenvalue weighted by Gasteiger charge is 2.35. The Morgan fingerprint density at radius 1 is 1.35 bits per heavy atom. The van der Waals surface area contributed by atoms with Crippen LogP contribution < -0.4 is 5.32 Å². The zero-order chi connectivity index (χ0) is 17.0. The second-order valence-electron chi connectivity index (χ2n) is 6.63. The van der Waals surface area contributed by atoms with Gasteiger partial charge in [0.2, 0.25) is 5.91 Å². The molecule has 1 aliphatic rings. The largest absolute Gasteiger partial charge is 0.449 e. The maximum absolute atomic E-state index is 12.6. The number of anilines is 1. The minimum absolute atomic E-state index is 0.141. The summed E-state index contributed by atoms with van der Waals surface area (Å²) in [5.74, 6) is 0.140. The molecular formula is C18H26N2O3. The Kier molecular flexibility index (Phi) is 5.64. The standard InChI is InChI=1S/C18H26N2O3/c1-12(2)11-23-18(22)20-9-5-6-16(20)17(21)19-15-10-13(3)7-8-14(15)4/h7-8,10,12,16H,5-6,9,11H2,1-4H3,(H,19,21)/t16-/m0/s1. The van der Waals surface area contributed by atoms with Gasteiger partial charge in [0.1, 0.15) is 6.04 Å². The van der Waals surface area contributed by atoms with E-state index in [2.05, 4.69) is 5.32 Å². The molecule has 1 N–H and O–H groups in total. The second-order valence-corrected chi connectivity index (χ2v) is 6.63. The molecule has 0 bridgehead atoms. The van der Waals surface area contributed by atoms with Crippen molar-refractivity contribution in [2.75, 3.05) is 18.5 Å². The number of likely N-dealkylation sites (tertiary alicyclic amines) is 1. The first-order valence-corrected chi connectivity index (χ1v) is 8.20. The number of ether oxygens (including phenoxy) is 1. The fourth-order valence-electron chi connectivity index (χ4n) is 2.67. The first kappa shape index (κ1) is 17.3. The molecule has 1 saturated heterocycles. The molecule has 1 aromatic rings. The molecule has 0 unspecified atom stereocenters. The van der Waals surface area contributed by atoms with Gasteiger partial charge in [0, 0.05) is 12.2 Å². The summed E-state index contributed by atoms with van der Waals surface area (Å²) in [6.45, 7) is 8.87. The molecule has 1 aromatic carbocycles. The molecular weight excluding hydrogens is 292 g/mol. The summed E-state index contributed by atoms with van der Waals surface area (Å²) in [6, 6.07) is 5.49. The van der Waals surface area contributed by atoms with E-state index in [1.807, 2.05) is 45.9 Å². The number of hydrogen-bond acceptors (Lipinski definition) is 3. The van der Waals surface area contributed by atoms with E-state index in [0.29, 0.717) is 19.6 Å². The van der Waals surface area contributed by atoms with Gasteiger partial charge in [-0.3, -0.25) is 9.69 Å². The monoisotopic (exact) mass is 318 g/mol. The average molecular weight is 318 g/mol. The molecule has 1 atom stereocenters. The highest BCUT2D eigenvalue weighted by molar-refractivity contribution is 5.97. The Labute approximate surface area is 138 Å². The third-order valence-electron chi connectivity index (χ3n) is 3.98. The van der Waals surface area contributed by atoms with Crippen LogP contribution in [0.25, 0.3) is 0 Å². The highest BCUT2D eigenvalue weighted by atomic mass is 16.6. The van der Waals surface area contributed by atoms with Crippen molar-refractivity contribution < 1.29 is 14.3 Å². The van der Waals surface area contributed by atoms with E-state index in [1.54, 1.807) is 4.90 Å². The van der Waals surface area contributed by atoms with Gasteiger partial charge in [-0.1, -0.05) is 26.0 Å². The van der Waals surface area contributed by atoms with Crippen LogP contribution in [0.5, 0.6) is 0 Å². The van der Waals surface area contributed by atoms with Crippen molar-refractivity contribution in [3.8, 4) is 0 Å². The maximum atomic E-state index is 12.6. The number of hydrogen-bond donors (Lipinski definition) is 1. The van der Waals surface area contributed by atoms with Gasteiger partial charge in [0.25, 0.3) is 0 Å². The first-order chi connectivity index (χ1) is 10.9. The number of aryl methyl sites for hydroxylation is 2. The molecule has 2 rings (SSSR count). The van der Waals surface area contributed by atoms with Crippen molar-refractivity contribution in [3.05, 3.63) is 29.3 Å². The van der Waals surface area contributed by atoms with Crippen molar-refractivity contribution in [2.45, 2.75) is 46.6 Å². The molecule has 5 heteroatoms. The van der Waals surface area contributed by atoms with Crippen LogP contribution in [0.1, 0.15) is 37.8 Å². The van der Waals surface area contributed by atoms with Gasteiger partial charge in [-0.05, 0) is 49.8 Å². The maximum Gasteiger partial charge on any atom is 0.410 e. The number of amides is 2. The molecule has 0 spiro atoms. The van der Waals surface area contributed by atoms with E-state index in [9.17, 15) is 9.59 Å². The molecule has 0 saturated carbocycles. The van der Waals surface area contributed by atoms with Crippen molar-refractivity contribution in [3.63, 3.8) is 0 Å². The topological polar surface area (TPSA) is 58.6 Å². The molecule has 2 amide bonds. The number of benzene rings is 1. The summed E-state index contributed by atoms with van der Waals surface area (Å²) in [6.07, 6.45) is 1.10. The minimum atomic E-state index is -0.449. The number of carbonyl (C=O) groups excluding carboxylic acids is 2. The Hall–Kier alpha value is -2.04. The zero-order valence-corrected chi connectivity index (χ0v) is 14.4. The fraction of sp³-hybridized carbons (Fsp3) is 0.556. The molecule has 5 nitrogen and oxygen atoms in total. The van der Waals surface area contributed by atoms with Crippen LogP contribution in [0.3, 0.4) is 0 Å². The minimum Gasteiger partial charge on any atom is -0.449 e. The van der Waals surface area contributed by atoms with Crippen LogP contribution in [-0.4, -0.2) is 36.1 Å². The van der Waals surface area contributed by atoms with E-state index >= 15 is 0 Å². The Morgan fingerprint density at radius 2 is 2.09 bits per heavy atom. The average Bonchev–Trinajstić information content (AvgIpc) is 2.98. The lowest BCUT2D eigenvalue weighted by atomic mass is 10.1. The van der Waals surface area contributed by atoms with Crippen LogP contribution in [0.15, 0.2) is 18.2 Å². The lowest BCUT2D eigenvalue weighted by molar-refractivity contribution is -0.120. The van der Waals surface area contributed by atoms with Crippen LogP contribution in [-0.2, 0) is 9.53 Å². The summed E-state index contributed by atoms with van der Waals surface area (Å²) < 4.78 is 5.27. The SMILES string of the molecule is Cc1ccc(C)c(NC(=O)[C@@H]2CCCN2C(=O)OCC(C)C)c1. The number of carbonyl (C=O) groups is 2. The molecule has 1 heterocycles. The number of rotatable bonds is 4. The fourth-order valence-corrected chi connectivity index (χ4v) is 2.67. The Balaban J connectivity index is 2.02. The van der Waals surface area contributed by atoms with Gasteiger partial charge in [0.15, 0.2) is 0 Å². The van der Waals surface area contributed by atoms with E-state index in [0.717, 1.165) is 23.2 Å². The predicted molar refractivity (Wildman–Crippen MR) is 90.5 cm³/mol. The first-order valence-electron chi connectivity index (χ1n) is 8.20.